The molecule has 0 unspecified atom stereocenters. The van der Waals surface area contributed by atoms with E-state index in [1.165, 1.54) is 12.5 Å². The van der Waals surface area contributed by atoms with Gasteiger partial charge in [-0.05, 0) is 6.42 Å². The van der Waals surface area contributed by atoms with Crippen molar-refractivity contribution in [3.63, 3.8) is 0 Å². The molecule has 1 rings (SSSR count). The number of nitrogens with zero attached hydrogens (tertiary/aromatic N) is 3. The fourth-order valence-corrected chi connectivity index (χ4v) is 1.72. The standard InChI is InChI=1S/C9H15N3OS/c1-3-4-5-12(14-2)9-8(13)6-10-7-11-9/h6-7,13H,3-5H2,1-2H3. The molecule has 0 bridgehead atoms. The third kappa shape index (κ3) is 2.77. The van der Waals surface area contributed by atoms with E-state index in [-0.39, 0.29) is 5.75 Å². The van der Waals surface area contributed by atoms with Gasteiger partial charge in [0.25, 0.3) is 0 Å². The third-order valence-electron chi connectivity index (χ3n) is 1.84. The zero-order valence-electron chi connectivity index (χ0n) is 8.47. The first kappa shape index (κ1) is 11.1. The van der Waals surface area contributed by atoms with Crippen molar-refractivity contribution in [1.29, 1.82) is 0 Å². The summed E-state index contributed by atoms with van der Waals surface area (Å²) in [7, 11) is 0. The van der Waals surface area contributed by atoms with Crippen LogP contribution in [0.3, 0.4) is 0 Å². The van der Waals surface area contributed by atoms with Crippen molar-refractivity contribution in [2.24, 2.45) is 0 Å². The molecular weight excluding hydrogens is 198 g/mol. The van der Waals surface area contributed by atoms with E-state index < -0.39 is 0 Å². The smallest absolute Gasteiger partial charge is 0.184 e. The van der Waals surface area contributed by atoms with Crippen LogP contribution in [0.1, 0.15) is 19.8 Å². The summed E-state index contributed by atoms with van der Waals surface area (Å²) in [6.45, 7) is 3.03. The van der Waals surface area contributed by atoms with Crippen molar-refractivity contribution in [3.8, 4) is 5.75 Å². The summed E-state index contributed by atoms with van der Waals surface area (Å²) in [5.41, 5.74) is 0. The summed E-state index contributed by atoms with van der Waals surface area (Å²) in [6, 6.07) is 0. The molecule has 0 amide bonds. The maximum Gasteiger partial charge on any atom is 0.184 e. The average Bonchev–Trinajstić information content (AvgIpc) is 2.21. The van der Waals surface area contributed by atoms with Gasteiger partial charge < -0.3 is 5.11 Å². The van der Waals surface area contributed by atoms with Crippen molar-refractivity contribution in [2.45, 2.75) is 19.8 Å². The fourth-order valence-electron chi connectivity index (χ4n) is 1.09. The third-order valence-corrected chi connectivity index (χ3v) is 2.64. The lowest BCUT2D eigenvalue weighted by Gasteiger charge is -2.20. The number of aromatic hydroxyl groups is 1. The monoisotopic (exact) mass is 213 g/mol. The lowest BCUT2D eigenvalue weighted by Crippen LogP contribution is -2.16. The van der Waals surface area contributed by atoms with Gasteiger partial charge in [0.2, 0.25) is 0 Å². The number of hydrogen-bond acceptors (Lipinski definition) is 5. The number of aromatic nitrogens is 2. The molecule has 1 N–H and O–H groups in total. The Morgan fingerprint density at radius 1 is 1.57 bits per heavy atom. The second-order valence-corrected chi connectivity index (χ2v) is 3.68. The Morgan fingerprint density at radius 3 is 2.93 bits per heavy atom. The first-order valence-corrected chi connectivity index (χ1v) is 5.78. The molecule has 5 heteroatoms. The molecule has 0 spiro atoms. The molecule has 78 valence electrons. The first-order valence-electron chi connectivity index (χ1n) is 4.60. The second kappa shape index (κ2) is 5.70. The predicted octanol–water partition coefficient (Wildman–Crippen LogP) is 2.07. The van der Waals surface area contributed by atoms with Crippen molar-refractivity contribution in [3.05, 3.63) is 12.5 Å². The summed E-state index contributed by atoms with van der Waals surface area (Å²) in [4.78, 5) is 7.79. The molecule has 1 heterocycles. The van der Waals surface area contributed by atoms with Gasteiger partial charge in [0, 0.05) is 12.8 Å². The van der Waals surface area contributed by atoms with Gasteiger partial charge in [-0.3, -0.25) is 4.31 Å². The van der Waals surface area contributed by atoms with Crippen LogP contribution in [0.25, 0.3) is 0 Å². The zero-order valence-corrected chi connectivity index (χ0v) is 9.29. The Hall–Kier alpha value is -0.970. The van der Waals surface area contributed by atoms with Gasteiger partial charge >= 0.3 is 0 Å². The Kier molecular flexibility index (Phi) is 4.52. The summed E-state index contributed by atoms with van der Waals surface area (Å²) in [6.07, 6.45) is 7.05. The number of unbranched alkanes of at least 4 members (excludes halogenated alkanes) is 1. The molecule has 1 aromatic rings. The van der Waals surface area contributed by atoms with E-state index in [9.17, 15) is 5.11 Å². The highest BCUT2D eigenvalue weighted by atomic mass is 32.2. The normalized spacial score (nSPS) is 10.1. The van der Waals surface area contributed by atoms with E-state index in [2.05, 4.69) is 16.9 Å². The highest BCUT2D eigenvalue weighted by molar-refractivity contribution is 7.99. The first-order chi connectivity index (χ1) is 6.79. The Balaban J connectivity index is 2.73. The molecule has 0 aliphatic rings. The summed E-state index contributed by atoms with van der Waals surface area (Å²) in [5, 5.41) is 9.53. The van der Waals surface area contributed by atoms with Gasteiger partial charge in [-0.25, -0.2) is 9.97 Å². The molecule has 0 radical (unpaired) electrons. The van der Waals surface area contributed by atoms with Crippen LogP contribution in [0.2, 0.25) is 0 Å². The minimum atomic E-state index is 0.137. The van der Waals surface area contributed by atoms with Crippen LogP contribution in [0.15, 0.2) is 12.5 Å². The van der Waals surface area contributed by atoms with Gasteiger partial charge in [-0.15, -0.1) is 0 Å². The highest BCUT2D eigenvalue weighted by Crippen LogP contribution is 2.26. The quantitative estimate of drug-likeness (QED) is 0.759. The van der Waals surface area contributed by atoms with Gasteiger partial charge in [-0.1, -0.05) is 25.3 Å². The van der Waals surface area contributed by atoms with Gasteiger partial charge in [0.1, 0.15) is 6.33 Å². The molecule has 4 nitrogen and oxygen atoms in total. The molecule has 1 aromatic heterocycles. The maximum atomic E-state index is 9.53. The van der Waals surface area contributed by atoms with Crippen LogP contribution in [0, 0.1) is 0 Å². The lowest BCUT2D eigenvalue weighted by molar-refractivity contribution is 0.470. The summed E-state index contributed by atoms with van der Waals surface area (Å²) < 4.78 is 1.97. The van der Waals surface area contributed by atoms with E-state index in [1.807, 2.05) is 10.6 Å². The van der Waals surface area contributed by atoms with Crippen LogP contribution >= 0.6 is 11.9 Å². The van der Waals surface area contributed by atoms with E-state index in [0.29, 0.717) is 5.82 Å². The predicted molar refractivity (Wildman–Crippen MR) is 59.5 cm³/mol. The molecule has 0 saturated heterocycles. The SMILES string of the molecule is CCCCN(SC)c1ncncc1O. The molecular formula is C9H15N3OS. The minimum Gasteiger partial charge on any atom is -0.503 e. The van der Waals surface area contributed by atoms with E-state index >= 15 is 0 Å². The van der Waals surface area contributed by atoms with Gasteiger partial charge in [0.05, 0.1) is 6.20 Å². The van der Waals surface area contributed by atoms with Crippen LogP contribution < -0.4 is 4.31 Å². The van der Waals surface area contributed by atoms with Crippen LogP contribution in [0.5, 0.6) is 5.75 Å². The summed E-state index contributed by atoms with van der Waals surface area (Å²) >= 11 is 1.56. The summed E-state index contributed by atoms with van der Waals surface area (Å²) in [5.74, 6) is 0.735. The molecule has 0 aliphatic carbocycles. The van der Waals surface area contributed by atoms with Gasteiger partial charge in [0.15, 0.2) is 11.6 Å². The van der Waals surface area contributed by atoms with Crippen molar-refractivity contribution in [1.82, 2.24) is 9.97 Å². The molecule has 14 heavy (non-hydrogen) atoms. The maximum absolute atomic E-state index is 9.53. The van der Waals surface area contributed by atoms with Crippen LogP contribution in [-0.4, -0.2) is 27.9 Å². The minimum absolute atomic E-state index is 0.137. The topological polar surface area (TPSA) is 49.2 Å². The highest BCUT2D eigenvalue weighted by Gasteiger charge is 2.10. The lowest BCUT2D eigenvalue weighted by atomic mass is 10.3. The average molecular weight is 213 g/mol. The van der Waals surface area contributed by atoms with E-state index in [4.69, 9.17) is 0 Å². The van der Waals surface area contributed by atoms with Gasteiger partial charge in [-0.2, -0.15) is 0 Å². The molecule has 0 atom stereocenters. The number of hydrogen-bond donors (Lipinski definition) is 1. The van der Waals surface area contributed by atoms with Crippen LogP contribution in [-0.2, 0) is 0 Å². The fraction of sp³-hybridized carbons (Fsp3) is 0.556. The molecule has 0 saturated carbocycles. The Bertz CT molecular complexity index is 283. The largest absolute Gasteiger partial charge is 0.503 e. The van der Waals surface area contributed by atoms with Crippen molar-refractivity contribution >= 4 is 17.8 Å². The van der Waals surface area contributed by atoms with E-state index in [0.717, 1.165) is 19.4 Å². The van der Waals surface area contributed by atoms with E-state index in [1.54, 1.807) is 11.9 Å². The number of rotatable bonds is 5. The second-order valence-electron chi connectivity index (χ2n) is 2.87. The molecule has 0 fully saturated rings. The van der Waals surface area contributed by atoms with Crippen molar-refractivity contribution < 1.29 is 5.11 Å². The molecule has 0 aromatic carbocycles. The van der Waals surface area contributed by atoms with Crippen LogP contribution in [0.4, 0.5) is 5.82 Å². The Labute approximate surface area is 88.5 Å². The Morgan fingerprint density at radius 2 is 2.36 bits per heavy atom. The molecule has 0 aliphatic heterocycles. The zero-order chi connectivity index (χ0) is 10.4. The van der Waals surface area contributed by atoms with Crippen molar-refractivity contribution in [2.75, 3.05) is 17.1 Å². The number of anilines is 1.